The Bertz CT molecular complexity index is 279. The van der Waals surface area contributed by atoms with Gasteiger partial charge in [0.1, 0.15) is 12.4 Å². The molecule has 0 radical (unpaired) electrons. The number of hydrogen-bond donors (Lipinski definition) is 2. The Kier molecular flexibility index (Phi) is 3.59. The van der Waals surface area contributed by atoms with Gasteiger partial charge in [0.2, 0.25) is 0 Å². The summed E-state index contributed by atoms with van der Waals surface area (Å²) < 4.78 is 5.48. The Hall–Kier alpha value is -1.42. The maximum absolute atomic E-state index is 5.62. The highest BCUT2D eigenvalue weighted by Gasteiger charge is 1.97. The molecule has 0 aliphatic rings. The van der Waals surface area contributed by atoms with Gasteiger partial charge in [0.15, 0.2) is 0 Å². The average molecular weight is 195 g/mol. The highest BCUT2D eigenvalue weighted by molar-refractivity contribution is 5.56. The van der Waals surface area contributed by atoms with Crippen molar-refractivity contribution in [2.45, 2.75) is 0 Å². The molecule has 0 heterocycles. The SMILES string of the molecule is CN(C)CCOc1cc(N)cc(N)c1. The topological polar surface area (TPSA) is 64.5 Å². The van der Waals surface area contributed by atoms with E-state index in [4.69, 9.17) is 16.2 Å². The van der Waals surface area contributed by atoms with E-state index in [0.29, 0.717) is 18.0 Å². The normalized spacial score (nSPS) is 10.5. The van der Waals surface area contributed by atoms with Crippen molar-refractivity contribution < 1.29 is 4.74 Å². The number of anilines is 2. The highest BCUT2D eigenvalue weighted by Crippen LogP contribution is 2.19. The number of likely N-dealkylation sites (N-methyl/N-ethyl adjacent to an activating group) is 1. The fraction of sp³-hybridized carbons (Fsp3) is 0.400. The van der Waals surface area contributed by atoms with Crippen LogP contribution in [-0.2, 0) is 0 Å². The van der Waals surface area contributed by atoms with E-state index < -0.39 is 0 Å². The van der Waals surface area contributed by atoms with Gasteiger partial charge in [-0.05, 0) is 20.2 Å². The van der Waals surface area contributed by atoms with E-state index in [0.717, 1.165) is 12.3 Å². The molecule has 1 aromatic rings. The van der Waals surface area contributed by atoms with E-state index in [9.17, 15) is 0 Å². The van der Waals surface area contributed by atoms with E-state index in [2.05, 4.69) is 4.90 Å². The molecular weight excluding hydrogens is 178 g/mol. The van der Waals surface area contributed by atoms with Gasteiger partial charge < -0.3 is 21.1 Å². The predicted molar refractivity (Wildman–Crippen MR) is 59.3 cm³/mol. The molecule has 0 amide bonds. The molecule has 0 aromatic heterocycles. The Morgan fingerprint density at radius 1 is 1.14 bits per heavy atom. The van der Waals surface area contributed by atoms with Gasteiger partial charge in [-0.15, -0.1) is 0 Å². The van der Waals surface area contributed by atoms with Crippen LogP contribution in [0.4, 0.5) is 11.4 Å². The van der Waals surface area contributed by atoms with Gasteiger partial charge in [-0.25, -0.2) is 0 Å². The molecule has 4 nitrogen and oxygen atoms in total. The lowest BCUT2D eigenvalue weighted by molar-refractivity contribution is 0.261. The van der Waals surface area contributed by atoms with Crippen molar-refractivity contribution >= 4 is 11.4 Å². The molecule has 1 rings (SSSR count). The number of nitrogen functional groups attached to an aromatic ring is 2. The second kappa shape index (κ2) is 4.72. The number of ether oxygens (including phenoxy) is 1. The molecule has 0 atom stereocenters. The largest absolute Gasteiger partial charge is 0.492 e. The van der Waals surface area contributed by atoms with Gasteiger partial charge in [-0.3, -0.25) is 0 Å². The van der Waals surface area contributed by atoms with E-state index >= 15 is 0 Å². The average Bonchev–Trinajstić information content (AvgIpc) is 2.01. The first-order valence-corrected chi connectivity index (χ1v) is 4.51. The molecule has 0 aliphatic carbocycles. The second-order valence-corrected chi connectivity index (χ2v) is 3.49. The zero-order chi connectivity index (χ0) is 10.6. The third kappa shape index (κ3) is 3.53. The van der Waals surface area contributed by atoms with Gasteiger partial charge in [-0.2, -0.15) is 0 Å². The monoisotopic (exact) mass is 195 g/mol. The van der Waals surface area contributed by atoms with Crippen LogP contribution in [0, 0.1) is 0 Å². The first-order valence-electron chi connectivity index (χ1n) is 4.51. The van der Waals surface area contributed by atoms with Crippen molar-refractivity contribution in [1.29, 1.82) is 0 Å². The third-order valence-corrected chi connectivity index (χ3v) is 1.76. The van der Waals surface area contributed by atoms with E-state index in [-0.39, 0.29) is 0 Å². The summed E-state index contributed by atoms with van der Waals surface area (Å²) >= 11 is 0. The van der Waals surface area contributed by atoms with Gasteiger partial charge in [0.25, 0.3) is 0 Å². The van der Waals surface area contributed by atoms with Crippen molar-refractivity contribution in [3.8, 4) is 5.75 Å². The Balaban J connectivity index is 2.50. The fourth-order valence-electron chi connectivity index (χ4n) is 1.08. The molecule has 0 saturated heterocycles. The zero-order valence-corrected chi connectivity index (χ0v) is 8.66. The van der Waals surface area contributed by atoms with Crippen LogP contribution >= 0.6 is 0 Å². The fourth-order valence-corrected chi connectivity index (χ4v) is 1.08. The lowest BCUT2D eigenvalue weighted by Crippen LogP contribution is -2.19. The van der Waals surface area contributed by atoms with Crippen molar-refractivity contribution in [3.63, 3.8) is 0 Å². The van der Waals surface area contributed by atoms with Gasteiger partial charge in [-0.1, -0.05) is 0 Å². The molecule has 4 N–H and O–H groups in total. The minimum Gasteiger partial charge on any atom is -0.492 e. The zero-order valence-electron chi connectivity index (χ0n) is 8.66. The summed E-state index contributed by atoms with van der Waals surface area (Å²) in [5, 5.41) is 0. The van der Waals surface area contributed by atoms with Crippen LogP contribution in [0.5, 0.6) is 5.75 Å². The summed E-state index contributed by atoms with van der Waals surface area (Å²) in [6, 6.07) is 5.25. The summed E-state index contributed by atoms with van der Waals surface area (Å²) in [4.78, 5) is 2.05. The van der Waals surface area contributed by atoms with Crippen LogP contribution in [0.2, 0.25) is 0 Å². The van der Waals surface area contributed by atoms with Gasteiger partial charge in [0, 0.05) is 30.1 Å². The first kappa shape index (κ1) is 10.7. The molecule has 0 fully saturated rings. The molecule has 0 saturated carbocycles. The van der Waals surface area contributed by atoms with Crippen LogP contribution < -0.4 is 16.2 Å². The highest BCUT2D eigenvalue weighted by atomic mass is 16.5. The minimum atomic E-state index is 0.629. The first-order chi connectivity index (χ1) is 6.58. The molecule has 0 aliphatic heterocycles. The van der Waals surface area contributed by atoms with Gasteiger partial charge in [0.05, 0.1) is 0 Å². The van der Waals surface area contributed by atoms with Gasteiger partial charge >= 0.3 is 0 Å². The van der Waals surface area contributed by atoms with Crippen LogP contribution in [0.15, 0.2) is 18.2 Å². The lowest BCUT2D eigenvalue weighted by Gasteiger charge is -2.11. The summed E-state index contributed by atoms with van der Waals surface area (Å²) in [7, 11) is 3.99. The van der Waals surface area contributed by atoms with Crippen molar-refractivity contribution in [1.82, 2.24) is 4.90 Å². The van der Waals surface area contributed by atoms with Crippen LogP contribution in [0.25, 0.3) is 0 Å². The lowest BCUT2D eigenvalue weighted by atomic mass is 10.3. The van der Waals surface area contributed by atoms with Crippen LogP contribution in [-0.4, -0.2) is 32.1 Å². The van der Waals surface area contributed by atoms with E-state index in [1.165, 1.54) is 0 Å². The second-order valence-electron chi connectivity index (χ2n) is 3.49. The molecule has 0 bridgehead atoms. The number of rotatable bonds is 4. The maximum Gasteiger partial charge on any atom is 0.123 e. The molecule has 4 heteroatoms. The van der Waals surface area contributed by atoms with E-state index in [1.54, 1.807) is 18.2 Å². The predicted octanol–water partition coefficient (Wildman–Crippen LogP) is 0.791. The molecule has 1 aromatic carbocycles. The number of nitrogens with zero attached hydrogens (tertiary/aromatic N) is 1. The standard InChI is InChI=1S/C10H17N3O/c1-13(2)3-4-14-10-6-8(11)5-9(12)7-10/h5-7H,3-4,11-12H2,1-2H3. The molecule has 0 unspecified atom stereocenters. The molecule has 0 spiro atoms. The van der Waals surface area contributed by atoms with Crippen molar-refractivity contribution in [3.05, 3.63) is 18.2 Å². The Morgan fingerprint density at radius 2 is 1.71 bits per heavy atom. The summed E-state index contributed by atoms with van der Waals surface area (Å²) in [6.07, 6.45) is 0. The number of hydrogen-bond acceptors (Lipinski definition) is 4. The molecule has 78 valence electrons. The summed E-state index contributed by atoms with van der Waals surface area (Å²) in [5.74, 6) is 0.726. The smallest absolute Gasteiger partial charge is 0.123 e. The van der Waals surface area contributed by atoms with E-state index in [1.807, 2.05) is 14.1 Å². The summed E-state index contributed by atoms with van der Waals surface area (Å²) in [6.45, 7) is 1.50. The quantitative estimate of drug-likeness (QED) is 0.697. The summed E-state index contributed by atoms with van der Waals surface area (Å²) in [5.41, 5.74) is 12.5. The molecule has 14 heavy (non-hydrogen) atoms. The number of benzene rings is 1. The Labute approximate surface area is 84.4 Å². The van der Waals surface area contributed by atoms with Crippen LogP contribution in [0.3, 0.4) is 0 Å². The Morgan fingerprint density at radius 3 is 2.21 bits per heavy atom. The van der Waals surface area contributed by atoms with Crippen molar-refractivity contribution in [2.75, 3.05) is 38.7 Å². The maximum atomic E-state index is 5.62. The van der Waals surface area contributed by atoms with Crippen molar-refractivity contribution in [2.24, 2.45) is 0 Å². The van der Waals surface area contributed by atoms with Crippen LogP contribution in [0.1, 0.15) is 0 Å². The molecular formula is C10H17N3O. The number of nitrogens with two attached hydrogens (primary N) is 2. The minimum absolute atomic E-state index is 0.629. The third-order valence-electron chi connectivity index (χ3n) is 1.76.